The molecule has 1 amide bonds. The number of aryl methyl sites for hydroxylation is 1. The van der Waals surface area contributed by atoms with Gasteiger partial charge in [0.1, 0.15) is 17.3 Å². The molecule has 1 heterocycles. The minimum absolute atomic E-state index is 0.0524. The third kappa shape index (κ3) is 5.39. The second kappa shape index (κ2) is 8.97. The average molecular weight is 388 g/mol. The number of nitrogens with one attached hydrogen (secondary N) is 1. The molecular formula is C20H25FN4O3. The van der Waals surface area contributed by atoms with Crippen molar-refractivity contribution in [3.05, 3.63) is 41.8 Å². The van der Waals surface area contributed by atoms with Crippen molar-refractivity contribution in [2.75, 3.05) is 31.6 Å². The van der Waals surface area contributed by atoms with Crippen LogP contribution in [0.4, 0.5) is 10.2 Å². The van der Waals surface area contributed by atoms with Gasteiger partial charge in [0.2, 0.25) is 5.91 Å². The van der Waals surface area contributed by atoms with E-state index >= 15 is 0 Å². The van der Waals surface area contributed by atoms with E-state index in [4.69, 9.17) is 4.74 Å². The van der Waals surface area contributed by atoms with Gasteiger partial charge in [-0.25, -0.2) is 9.07 Å². The van der Waals surface area contributed by atoms with Gasteiger partial charge in [-0.3, -0.25) is 14.5 Å². The summed E-state index contributed by atoms with van der Waals surface area (Å²) in [5.41, 5.74) is 0.909. The maximum Gasteiger partial charge on any atom is 0.320 e. The molecule has 1 N–H and O–H groups in total. The molecule has 0 radical (unpaired) electrons. The highest BCUT2D eigenvalue weighted by atomic mass is 19.1. The fraction of sp³-hybridized carbons (Fsp3) is 0.450. The number of para-hydroxylation sites is 1. The minimum atomic E-state index is -0.432. The van der Waals surface area contributed by atoms with E-state index in [1.165, 1.54) is 10.7 Å². The van der Waals surface area contributed by atoms with Gasteiger partial charge < -0.3 is 10.1 Å². The Morgan fingerprint density at radius 2 is 2.07 bits per heavy atom. The van der Waals surface area contributed by atoms with Crippen LogP contribution in [0.15, 0.2) is 30.3 Å². The van der Waals surface area contributed by atoms with Crippen molar-refractivity contribution in [2.45, 2.75) is 26.7 Å². The Morgan fingerprint density at radius 3 is 2.75 bits per heavy atom. The minimum Gasteiger partial charge on any atom is -0.465 e. The molecule has 28 heavy (non-hydrogen) atoms. The molecule has 0 spiro atoms. The first-order chi connectivity index (χ1) is 13.5. The van der Waals surface area contributed by atoms with E-state index in [0.29, 0.717) is 30.6 Å². The molecule has 1 aromatic carbocycles. The summed E-state index contributed by atoms with van der Waals surface area (Å²) in [7, 11) is 0. The zero-order valence-corrected chi connectivity index (χ0v) is 16.2. The summed E-state index contributed by atoms with van der Waals surface area (Å²) in [6, 6.07) is 7.92. The lowest BCUT2D eigenvalue weighted by Gasteiger charge is -2.20. The number of nitrogens with zero attached hydrogens (tertiary/aromatic N) is 3. The lowest BCUT2D eigenvalue weighted by Crippen LogP contribution is -2.39. The molecule has 8 heteroatoms. The van der Waals surface area contributed by atoms with Crippen LogP contribution in [0.25, 0.3) is 5.69 Å². The molecule has 7 nitrogen and oxygen atoms in total. The van der Waals surface area contributed by atoms with Crippen molar-refractivity contribution in [3.8, 4) is 5.69 Å². The first-order valence-electron chi connectivity index (χ1n) is 9.45. The number of rotatable bonds is 9. The van der Waals surface area contributed by atoms with Gasteiger partial charge in [0, 0.05) is 12.6 Å². The van der Waals surface area contributed by atoms with Crippen LogP contribution >= 0.6 is 0 Å². The summed E-state index contributed by atoms with van der Waals surface area (Å²) in [5, 5.41) is 7.07. The molecule has 0 bridgehead atoms. The van der Waals surface area contributed by atoms with Crippen molar-refractivity contribution >= 4 is 17.7 Å². The summed E-state index contributed by atoms with van der Waals surface area (Å²) in [6.07, 6.45) is 2.22. The maximum absolute atomic E-state index is 14.1. The normalized spacial score (nSPS) is 13.6. The first kappa shape index (κ1) is 20.0. The second-order valence-electron chi connectivity index (χ2n) is 7.00. The van der Waals surface area contributed by atoms with Gasteiger partial charge >= 0.3 is 5.97 Å². The molecule has 0 unspecified atom stereocenters. The van der Waals surface area contributed by atoms with E-state index in [1.807, 2.05) is 0 Å². The van der Waals surface area contributed by atoms with Crippen LogP contribution < -0.4 is 5.32 Å². The smallest absolute Gasteiger partial charge is 0.320 e. The Hall–Kier alpha value is -2.74. The fourth-order valence-electron chi connectivity index (χ4n) is 3.02. The van der Waals surface area contributed by atoms with Gasteiger partial charge in [0.25, 0.3) is 0 Å². The Kier molecular flexibility index (Phi) is 6.41. The number of carbonyl (C=O) groups excluding carboxylic acids is 2. The summed E-state index contributed by atoms with van der Waals surface area (Å²) in [6.45, 7) is 4.64. The van der Waals surface area contributed by atoms with E-state index in [2.05, 4.69) is 10.4 Å². The summed E-state index contributed by atoms with van der Waals surface area (Å²) >= 11 is 0. The third-order valence-corrected chi connectivity index (χ3v) is 4.42. The van der Waals surface area contributed by atoms with Crippen LogP contribution in [0.1, 0.15) is 25.5 Å². The number of hydrogen-bond donors (Lipinski definition) is 1. The molecule has 1 aliphatic carbocycles. The van der Waals surface area contributed by atoms with Crippen molar-refractivity contribution in [1.82, 2.24) is 14.7 Å². The fourth-order valence-corrected chi connectivity index (χ4v) is 3.02. The van der Waals surface area contributed by atoms with Gasteiger partial charge in [-0.15, -0.1) is 0 Å². The van der Waals surface area contributed by atoms with Crippen molar-refractivity contribution in [1.29, 1.82) is 0 Å². The lowest BCUT2D eigenvalue weighted by molar-refractivity contribution is -0.144. The highest BCUT2D eigenvalue weighted by Gasteiger charge is 2.27. The summed E-state index contributed by atoms with van der Waals surface area (Å²) in [5.74, 6) is -0.159. The molecule has 1 aromatic heterocycles. The Morgan fingerprint density at radius 1 is 1.32 bits per heavy atom. The van der Waals surface area contributed by atoms with E-state index < -0.39 is 5.82 Å². The molecule has 0 atom stereocenters. The maximum atomic E-state index is 14.1. The monoisotopic (exact) mass is 388 g/mol. The molecule has 0 saturated heterocycles. The number of carbonyl (C=O) groups is 2. The molecule has 0 aliphatic heterocycles. The Bertz CT molecular complexity index is 848. The molecule has 1 saturated carbocycles. The zero-order chi connectivity index (χ0) is 20.1. The molecule has 2 aromatic rings. The molecule has 1 fully saturated rings. The summed E-state index contributed by atoms with van der Waals surface area (Å²) in [4.78, 5) is 26.2. The van der Waals surface area contributed by atoms with Crippen LogP contribution in [0.3, 0.4) is 0 Å². The van der Waals surface area contributed by atoms with Crippen LogP contribution in [-0.4, -0.2) is 52.8 Å². The molecule has 1 aliphatic rings. The van der Waals surface area contributed by atoms with Crippen LogP contribution in [0.2, 0.25) is 0 Å². The number of amides is 1. The van der Waals surface area contributed by atoms with Gasteiger partial charge in [0.05, 0.1) is 25.4 Å². The number of halogens is 1. The quantitative estimate of drug-likeness (QED) is 0.668. The lowest BCUT2D eigenvalue weighted by atomic mass is 10.3. The standard InChI is InChI=1S/C20H25FN4O3/c1-3-28-20(27)13-24(11-15-8-9-15)12-19(26)22-18-10-14(2)23-25(18)17-7-5-4-6-16(17)21/h4-7,10,15H,3,8-9,11-13H2,1-2H3,(H,22,26). The van der Waals surface area contributed by atoms with E-state index in [-0.39, 0.29) is 30.7 Å². The van der Waals surface area contributed by atoms with Crippen molar-refractivity contribution in [2.24, 2.45) is 5.92 Å². The highest BCUT2D eigenvalue weighted by Crippen LogP contribution is 2.29. The molecular weight excluding hydrogens is 363 g/mol. The molecule has 150 valence electrons. The topological polar surface area (TPSA) is 76.5 Å². The predicted molar refractivity (Wildman–Crippen MR) is 103 cm³/mol. The van der Waals surface area contributed by atoms with Crippen LogP contribution in [-0.2, 0) is 14.3 Å². The van der Waals surface area contributed by atoms with Crippen LogP contribution in [0.5, 0.6) is 0 Å². The largest absolute Gasteiger partial charge is 0.465 e. The van der Waals surface area contributed by atoms with E-state index in [9.17, 15) is 14.0 Å². The number of anilines is 1. The van der Waals surface area contributed by atoms with Crippen molar-refractivity contribution in [3.63, 3.8) is 0 Å². The number of ether oxygens (including phenoxy) is 1. The van der Waals surface area contributed by atoms with E-state index in [1.54, 1.807) is 43.0 Å². The zero-order valence-electron chi connectivity index (χ0n) is 16.2. The summed E-state index contributed by atoms with van der Waals surface area (Å²) < 4.78 is 20.5. The predicted octanol–water partition coefficient (Wildman–Crippen LogP) is 2.53. The van der Waals surface area contributed by atoms with Crippen molar-refractivity contribution < 1.29 is 18.7 Å². The first-order valence-corrected chi connectivity index (χ1v) is 9.45. The number of esters is 1. The highest BCUT2D eigenvalue weighted by molar-refractivity contribution is 5.92. The molecule has 3 rings (SSSR count). The average Bonchev–Trinajstić information content (AvgIpc) is 3.37. The Balaban J connectivity index is 1.69. The number of benzene rings is 1. The third-order valence-electron chi connectivity index (χ3n) is 4.42. The second-order valence-corrected chi connectivity index (χ2v) is 7.00. The number of hydrogen-bond acceptors (Lipinski definition) is 5. The van der Waals surface area contributed by atoms with Crippen LogP contribution in [0, 0.1) is 18.7 Å². The van der Waals surface area contributed by atoms with Gasteiger partial charge in [-0.05, 0) is 44.7 Å². The Labute approximate surface area is 163 Å². The van der Waals surface area contributed by atoms with Gasteiger partial charge in [-0.2, -0.15) is 5.10 Å². The van der Waals surface area contributed by atoms with E-state index in [0.717, 1.165) is 12.8 Å². The number of aromatic nitrogens is 2. The van der Waals surface area contributed by atoms with Gasteiger partial charge in [0.15, 0.2) is 0 Å². The van der Waals surface area contributed by atoms with Gasteiger partial charge in [-0.1, -0.05) is 12.1 Å². The SMILES string of the molecule is CCOC(=O)CN(CC(=O)Nc1cc(C)nn1-c1ccccc1F)CC1CC1.